The Bertz CT molecular complexity index is 876. The van der Waals surface area contributed by atoms with Gasteiger partial charge in [0.25, 0.3) is 0 Å². The van der Waals surface area contributed by atoms with Gasteiger partial charge >= 0.3 is 6.03 Å². The topological polar surface area (TPSA) is 97.3 Å². The number of carbonyl (C=O) groups is 1. The first kappa shape index (κ1) is 17.3. The van der Waals surface area contributed by atoms with Crippen molar-refractivity contribution in [1.29, 1.82) is 0 Å². The van der Waals surface area contributed by atoms with Crippen molar-refractivity contribution in [2.75, 3.05) is 11.1 Å². The molecule has 26 heavy (non-hydrogen) atoms. The van der Waals surface area contributed by atoms with Crippen molar-refractivity contribution in [1.82, 2.24) is 9.88 Å². The van der Waals surface area contributed by atoms with Gasteiger partial charge in [-0.25, -0.2) is 4.79 Å². The van der Waals surface area contributed by atoms with Crippen molar-refractivity contribution in [3.63, 3.8) is 0 Å². The zero-order valence-electron chi connectivity index (χ0n) is 14.4. The lowest BCUT2D eigenvalue weighted by Crippen LogP contribution is -2.30. The van der Waals surface area contributed by atoms with E-state index in [1.165, 1.54) is 6.20 Å². The zero-order valence-corrected chi connectivity index (χ0v) is 14.4. The Hall–Kier alpha value is -3.54. The summed E-state index contributed by atoms with van der Waals surface area (Å²) < 4.78 is 0. The molecule has 0 saturated carbocycles. The van der Waals surface area contributed by atoms with Crippen molar-refractivity contribution < 1.29 is 4.79 Å². The molecule has 0 atom stereocenters. The summed E-state index contributed by atoms with van der Waals surface area (Å²) in [4.78, 5) is 18.6. The quantitative estimate of drug-likeness (QED) is 0.584. The fourth-order valence-electron chi connectivity index (χ4n) is 2.86. The number of nitrogens with one attached hydrogen (secondary N) is 1. The number of rotatable bonds is 4. The minimum absolute atomic E-state index is 0.213. The molecular formula is C20H21N5O. The van der Waals surface area contributed by atoms with Crippen LogP contribution in [0.5, 0.6) is 0 Å². The predicted octanol–water partition coefficient (Wildman–Crippen LogP) is 3.25. The zero-order chi connectivity index (χ0) is 18.5. The van der Waals surface area contributed by atoms with Gasteiger partial charge in [-0.2, -0.15) is 0 Å². The van der Waals surface area contributed by atoms with Crippen LogP contribution in [0.3, 0.4) is 0 Å². The van der Waals surface area contributed by atoms with Crippen LogP contribution < -0.4 is 16.8 Å². The molecule has 0 aliphatic carbocycles. The van der Waals surface area contributed by atoms with Crippen LogP contribution in [0.25, 0.3) is 5.57 Å². The maximum Gasteiger partial charge on any atom is 0.322 e. The number of hydrogen-bond acceptors (Lipinski definition) is 4. The number of nitrogens with zero attached hydrogens (tertiary/aromatic N) is 2. The average molecular weight is 347 g/mol. The van der Waals surface area contributed by atoms with Gasteiger partial charge in [0.2, 0.25) is 0 Å². The number of benzene rings is 1. The van der Waals surface area contributed by atoms with E-state index in [0.29, 0.717) is 24.5 Å². The lowest BCUT2D eigenvalue weighted by Gasteiger charge is -2.18. The van der Waals surface area contributed by atoms with Gasteiger partial charge in [0.1, 0.15) is 0 Å². The molecule has 1 aromatic carbocycles. The van der Waals surface area contributed by atoms with Crippen molar-refractivity contribution in [3.05, 3.63) is 84.4 Å². The fourth-order valence-corrected chi connectivity index (χ4v) is 2.86. The maximum atomic E-state index is 12.6. The van der Waals surface area contributed by atoms with E-state index in [1.807, 2.05) is 30.3 Å². The average Bonchev–Trinajstić information content (AvgIpc) is 3.08. The lowest BCUT2D eigenvalue weighted by atomic mass is 10.0. The van der Waals surface area contributed by atoms with E-state index in [4.69, 9.17) is 11.5 Å². The second-order valence-electron chi connectivity index (χ2n) is 5.91. The van der Waals surface area contributed by atoms with Gasteiger partial charge in [0.05, 0.1) is 23.6 Å². The standard InChI is InChI=1S/C20H21N5O/c1-2-4-14(8-9-21)15-6-7-17(22)18(11-15)24-20(26)25-12-16-5-3-10-23-19(16)13-25/h2-11H,1,12-13,21-22H2,(H,24,26)/b9-8-,14-4+. The van der Waals surface area contributed by atoms with Crippen LogP contribution in [-0.2, 0) is 13.1 Å². The molecule has 0 bridgehead atoms. The van der Waals surface area contributed by atoms with Gasteiger partial charge in [0.15, 0.2) is 0 Å². The van der Waals surface area contributed by atoms with E-state index in [-0.39, 0.29) is 6.03 Å². The molecule has 0 unspecified atom stereocenters. The summed E-state index contributed by atoms with van der Waals surface area (Å²) in [6, 6.07) is 9.10. The van der Waals surface area contributed by atoms with Gasteiger partial charge in [-0.15, -0.1) is 0 Å². The number of amides is 2. The first-order valence-corrected chi connectivity index (χ1v) is 8.22. The number of nitrogen functional groups attached to an aromatic ring is 1. The van der Waals surface area contributed by atoms with E-state index in [2.05, 4.69) is 16.9 Å². The van der Waals surface area contributed by atoms with Crippen LogP contribution in [0.15, 0.2) is 67.5 Å². The monoisotopic (exact) mass is 347 g/mol. The van der Waals surface area contributed by atoms with Gasteiger partial charge in [0, 0.05) is 12.7 Å². The van der Waals surface area contributed by atoms with Gasteiger partial charge < -0.3 is 21.7 Å². The van der Waals surface area contributed by atoms with Crippen molar-refractivity contribution in [3.8, 4) is 0 Å². The van der Waals surface area contributed by atoms with Crippen LogP contribution in [0.2, 0.25) is 0 Å². The molecular weight excluding hydrogens is 326 g/mol. The summed E-state index contributed by atoms with van der Waals surface area (Å²) in [7, 11) is 0. The molecule has 6 nitrogen and oxygen atoms in total. The molecule has 2 heterocycles. The number of pyridine rings is 1. The Morgan fingerprint density at radius 3 is 2.88 bits per heavy atom. The summed E-state index contributed by atoms with van der Waals surface area (Å²) in [5.41, 5.74) is 16.3. The Morgan fingerprint density at radius 1 is 1.31 bits per heavy atom. The van der Waals surface area contributed by atoms with E-state index in [9.17, 15) is 4.79 Å². The third-order valence-corrected chi connectivity index (χ3v) is 4.17. The van der Waals surface area contributed by atoms with Crippen LogP contribution >= 0.6 is 0 Å². The molecule has 5 N–H and O–H groups in total. The molecule has 0 saturated heterocycles. The Balaban J connectivity index is 1.80. The summed E-state index contributed by atoms with van der Waals surface area (Å²) in [5, 5.41) is 2.89. The normalized spacial score (nSPS) is 13.7. The molecule has 3 rings (SSSR count). The number of aromatic nitrogens is 1. The number of allylic oxidation sites excluding steroid dienone is 4. The fraction of sp³-hybridized carbons (Fsp3) is 0.100. The van der Waals surface area contributed by atoms with Crippen LogP contribution in [0, 0.1) is 0 Å². The third-order valence-electron chi connectivity index (χ3n) is 4.17. The van der Waals surface area contributed by atoms with E-state index >= 15 is 0 Å². The Morgan fingerprint density at radius 2 is 2.15 bits per heavy atom. The smallest absolute Gasteiger partial charge is 0.322 e. The molecule has 2 aromatic rings. The number of nitrogens with two attached hydrogens (primary N) is 2. The minimum atomic E-state index is -0.213. The maximum absolute atomic E-state index is 12.6. The van der Waals surface area contributed by atoms with Crippen molar-refractivity contribution in [2.24, 2.45) is 5.73 Å². The third kappa shape index (κ3) is 3.59. The first-order chi connectivity index (χ1) is 12.6. The number of fused-ring (bicyclic) bond motifs is 1. The second-order valence-corrected chi connectivity index (χ2v) is 5.91. The highest BCUT2D eigenvalue weighted by molar-refractivity contribution is 5.94. The summed E-state index contributed by atoms with van der Waals surface area (Å²) in [5.74, 6) is 0. The molecule has 1 aliphatic heterocycles. The van der Waals surface area contributed by atoms with Crippen LogP contribution in [0.1, 0.15) is 16.8 Å². The Labute approximate surface area is 152 Å². The molecule has 1 aliphatic rings. The number of carbonyl (C=O) groups excluding carboxylic acids is 1. The highest BCUT2D eigenvalue weighted by atomic mass is 16.2. The summed E-state index contributed by atoms with van der Waals surface area (Å²) >= 11 is 0. The summed E-state index contributed by atoms with van der Waals surface area (Å²) in [6.07, 6.45) is 8.47. The predicted molar refractivity (Wildman–Crippen MR) is 105 cm³/mol. The van der Waals surface area contributed by atoms with E-state index in [0.717, 1.165) is 22.4 Å². The lowest BCUT2D eigenvalue weighted by molar-refractivity contribution is 0.212. The van der Waals surface area contributed by atoms with E-state index < -0.39 is 0 Å². The highest BCUT2D eigenvalue weighted by Gasteiger charge is 2.24. The number of anilines is 2. The highest BCUT2D eigenvalue weighted by Crippen LogP contribution is 2.27. The van der Waals surface area contributed by atoms with E-state index in [1.54, 1.807) is 29.3 Å². The molecule has 6 heteroatoms. The molecule has 0 fully saturated rings. The minimum Gasteiger partial charge on any atom is -0.405 e. The molecule has 0 radical (unpaired) electrons. The summed E-state index contributed by atoms with van der Waals surface area (Å²) in [6.45, 7) is 4.73. The molecule has 1 aromatic heterocycles. The van der Waals surface area contributed by atoms with Crippen LogP contribution in [0.4, 0.5) is 16.2 Å². The Kier molecular flexibility index (Phi) is 5.03. The van der Waals surface area contributed by atoms with Gasteiger partial charge in [-0.05, 0) is 47.2 Å². The number of urea groups is 1. The van der Waals surface area contributed by atoms with Crippen molar-refractivity contribution in [2.45, 2.75) is 13.1 Å². The largest absolute Gasteiger partial charge is 0.405 e. The van der Waals surface area contributed by atoms with Crippen molar-refractivity contribution >= 4 is 23.0 Å². The van der Waals surface area contributed by atoms with Gasteiger partial charge in [-0.1, -0.05) is 30.9 Å². The van der Waals surface area contributed by atoms with Crippen LogP contribution in [-0.4, -0.2) is 15.9 Å². The second kappa shape index (κ2) is 7.57. The number of hydrogen-bond donors (Lipinski definition) is 3. The molecule has 132 valence electrons. The molecule has 2 amide bonds. The SMILES string of the molecule is C=C/C=C(\C=C/N)c1ccc(N)c(NC(=O)N2Cc3cccnc3C2)c1. The van der Waals surface area contributed by atoms with Gasteiger partial charge in [-0.3, -0.25) is 4.98 Å². The first-order valence-electron chi connectivity index (χ1n) is 8.22. The molecule has 0 spiro atoms.